The van der Waals surface area contributed by atoms with Gasteiger partial charge in [-0.25, -0.2) is 13.6 Å². The van der Waals surface area contributed by atoms with E-state index in [0.29, 0.717) is 31.2 Å². The van der Waals surface area contributed by atoms with E-state index in [1.54, 1.807) is 0 Å². The molecule has 1 aliphatic carbocycles. The highest BCUT2D eigenvalue weighted by atomic mass is 19.2. The summed E-state index contributed by atoms with van der Waals surface area (Å²) in [5.41, 5.74) is 0.394. The van der Waals surface area contributed by atoms with E-state index in [2.05, 4.69) is 10.6 Å². The summed E-state index contributed by atoms with van der Waals surface area (Å²) in [6, 6.07) is 2.22. The second-order valence-electron chi connectivity index (χ2n) is 6.19. The van der Waals surface area contributed by atoms with Gasteiger partial charge in [0.1, 0.15) is 0 Å². The highest BCUT2D eigenvalue weighted by molar-refractivity contribution is 5.75. The molecule has 0 saturated heterocycles. The Kier molecular flexibility index (Phi) is 6.69. The molecule has 0 heterocycles. The summed E-state index contributed by atoms with van der Waals surface area (Å²) in [5.74, 6) is -3.11. The summed E-state index contributed by atoms with van der Waals surface area (Å²) in [6.07, 6.45) is 2.21. The fourth-order valence-electron chi connectivity index (χ4n) is 2.99. The number of carbonyl (C=O) groups excluding carboxylic acids is 1. The van der Waals surface area contributed by atoms with Gasteiger partial charge in [-0.1, -0.05) is 6.07 Å². The van der Waals surface area contributed by atoms with Gasteiger partial charge in [-0.05, 0) is 43.4 Å². The molecule has 1 aliphatic rings. The first-order valence-electron chi connectivity index (χ1n) is 8.14. The summed E-state index contributed by atoms with van der Waals surface area (Å²) in [7, 11) is 1.44. The number of carboxylic acid groups (broad SMARTS) is 1. The number of carbonyl (C=O) groups is 2. The molecule has 25 heavy (non-hydrogen) atoms. The summed E-state index contributed by atoms with van der Waals surface area (Å²) in [4.78, 5) is 23.1. The number of carboxylic acids is 1. The van der Waals surface area contributed by atoms with Crippen LogP contribution in [0.15, 0.2) is 18.2 Å². The number of ether oxygens (including phenoxy) is 1. The van der Waals surface area contributed by atoms with Crippen molar-refractivity contribution < 1.29 is 28.2 Å². The molecule has 0 aliphatic heterocycles. The molecule has 1 unspecified atom stereocenters. The Labute approximate surface area is 144 Å². The highest BCUT2D eigenvalue weighted by Gasteiger charge is 2.27. The van der Waals surface area contributed by atoms with Crippen molar-refractivity contribution in [3.05, 3.63) is 35.4 Å². The van der Waals surface area contributed by atoms with Crippen molar-refractivity contribution in [3.63, 3.8) is 0 Å². The lowest BCUT2D eigenvalue weighted by molar-refractivity contribution is -0.142. The largest absolute Gasteiger partial charge is 0.481 e. The third kappa shape index (κ3) is 5.38. The van der Waals surface area contributed by atoms with Crippen molar-refractivity contribution in [1.29, 1.82) is 0 Å². The van der Waals surface area contributed by atoms with E-state index in [1.165, 1.54) is 13.2 Å². The van der Waals surface area contributed by atoms with Gasteiger partial charge >= 0.3 is 12.0 Å². The van der Waals surface area contributed by atoms with Crippen molar-refractivity contribution in [3.8, 4) is 0 Å². The maximum atomic E-state index is 13.4. The normalized spacial score (nSPS) is 21.4. The van der Waals surface area contributed by atoms with Crippen LogP contribution in [0.1, 0.15) is 37.3 Å². The predicted octanol–water partition coefficient (Wildman–Crippen LogP) is 2.59. The van der Waals surface area contributed by atoms with Crippen LogP contribution in [0.2, 0.25) is 0 Å². The number of halogens is 2. The molecule has 8 heteroatoms. The van der Waals surface area contributed by atoms with E-state index in [1.807, 2.05) is 0 Å². The number of methoxy groups -OCH3 is 1. The molecule has 138 valence electrons. The smallest absolute Gasteiger partial charge is 0.315 e. The zero-order valence-electron chi connectivity index (χ0n) is 13.9. The fourth-order valence-corrected chi connectivity index (χ4v) is 2.99. The summed E-state index contributed by atoms with van der Waals surface area (Å²) < 4.78 is 31.5. The second-order valence-corrected chi connectivity index (χ2v) is 6.19. The maximum Gasteiger partial charge on any atom is 0.315 e. The molecule has 3 N–H and O–H groups in total. The lowest BCUT2D eigenvalue weighted by atomic mass is 9.86. The second kappa shape index (κ2) is 8.75. The third-order valence-corrected chi connectivity index (χ3v) is 4.40. The summed E-state index contributed by atoms with van der Waals surface area (Å²) in [5, 5.41) is 14.5. The third-order valence-electron chi connectivity index (χ3n) is 4.40. The van der Waals surface area contributed by atoms with E-state index in [9.17, 15) is 18.4 Å². The zero-order chi connectivity index (χ0) is 18.4. The fraction of sp³-hybridized carbons (Fsp3) is 0.529. The maximum absolute atomic E-state index is 13.4. The molecule has 2 amide bonds. The minimum absolute atomic E-state index is 0.101. The average molecular weight is 356 g/mol. The van der Waals surface area contributed by atoms with Crippen LogP contribution < -0.4 is 10.6 Å². The van der Waals surface area contributed by atoms with Crippen LogP contribution in [0.5, 0.6) is 0 Å². The van der Waals surface area contributed by atoms with Gasteiger partial charge in [0.15, 0.2) is 11.6 Å². The van der Waals surface area contributed by atoms with Crippen molar-refractivity contribution >= 4 is 12.0 Å². The van der Waals surface area contributed by atoms with E-state index in [-0.39, 0.29) is 18.6 Å². The van der Waals surface area contributed by atoms with E-state index in [4.69, 9.17) is 9.84 Å². The number of hydrogen-bond acceptors (Lipinski definition) is 3. The lowest BCUT2D eigenvalue weighted by Gasteiger charge is -2.28. The van der Waals surface area contributed by atoms with Crippen LogP contribution >= 0.6 is 0 Å². The molecule has 1 atom stereocenters. The minimum Gasteiger partial charge on any atom is -0.481 e. The van der Waals surface area contributed by atoms with Gasteiger partial charge in [0.2, 0.25) is 0 Å². The van der Waals surface area contributed by atoms with Crippen LogP contribution in [0.4, 0.5) is 13.6 Å². The number of aliphatic carboxylic acids is 1. The van der Waals surface area contributed by atoms with E-state index in [0.717, 1.165) is 12.1 Å². The standard InChI is InChI=1S/C17H22F2N2O4/c1-25-9-15(11-4-7-13(18)14(19)8-11)21-17(24)20-12-5-2-10(3-6-12)16(22)23/h4,7-8,10,12,15H,2-3,5-6,9H2,1H3,(H,22,23)(H2,20,21,24). The molecule has 2 rings (SSSR count). The van der Waals surface area contributed by atoms with Gasteiger partial charge in [-0.15, -0.1) is 0 Å². The Morgan fingerprint density at radius 3 is 2.48 bits per heavy atom. The Bertz CT molecular complexity index is 619. The van der Waals surface area contributed by atoms with Gasteiger partial charge in [0.05, 0.1) is 18.6 Å². The quantitative estimate of drug-likeness (QED) is 0.731. The SMILES string of the molecule is COCC(NC(=O)NC1CCC(C(=O)O)CC1)c1ccc(F)c(F)c1. The number of urea groups is 1. The first-order valence-corrected chi connectivity index (χ1v) is 8.14. The van der Waals surface area contributed by atoms with Crippen LogP contribution in [0.25, 0.3) is 0 Å². The molecular formula is C17H22F2N2O4. The molecule has 0 bridgehead atoms. The first kappa shape index (κ1) is 19.1. The Morgan fingerprint density at radius 1 is 1.24 bits per heavy atom. The Morgan fingerprint density at radius 2 is 1.92 bits per heavy atom. The number of nitrogens with one attached hydrogen (secondary N) is 2. The number of hydrogen-bond donors (Lipinski definition) is 3. The Hall–Kier alpha value is -2.22. The lowest BCUT2D eigenvalue weighted by Crippen LogP contribution is -2.46. The zero-order valence-corrected chi connectivity index (χ0v) is 13.9. The van der Waals surface area contributed by atoms with Gasteiger partial charge in [-0.3, -0.25) is 4.79 Å². The molecule has 1 aromatic rings. The molecule has 0 aromatic heterocycles. The van der Waals surface area contributed by atoms with Gasteiger partial charge in [-0.2, -0.15) is 0 Å². The monoisotopic (exact) mass is 356 g/mol. The van der Waals surface area contributed by atoms with Crippen LogP contribution in [-0.2, 0) is 9.53 Å². The van der Waals surface area contributed by atoms with Crippen LogP contribution in [0, 0.1) is 17.6 Å². The van der Waals surface area contributed by atoms with Gasteiger partial charge < -0.3 is 20.5 Å². The molecule has 1 fully saturated rings. The molecule has 1 aromatic carbocycles. The molecule has 1 saturated carbocycles. The predicted molar refractivity (Wildman–Crippen MR) is 86.0 cm³/mol. The van der Waals surface area contributed by atoms with Crippen molar-refractivity contribution in [2.75, 3.05) is 13.7 Å². The summed E-state index contributed by atoms with van der Waals surface area (Å²) >= 11 is 0. The molecule has 6 nitrogen and oxygen atoms in total. The Balaban J connectivity index is 1.92. The van der Waals surface area contributed by atoms with Gasteiger partial charge in [0.25, 0.3) is 0 Å². The number of rotatable bonds is 6. The van der Waals surface area contributed by atoms with Crippen LogP contribution in [0.3, 0.4) is 0 Å². The molecular weight excluding hydrogens is 334 g/mol. The topological polar surface area (TPSA) is 87.7 Å². The minimum atomic E-state index is -0.993. The van der Waals surface area contributed by atoms with E-state index < -0.39 is 29.7 Å². The van der Waals surface area contributed by atoms with Gasteiger partial charge in [0, 0.05) is 13.2 Å². The highest BCUT2D eigenvalue weighted by Crippen LogP contribution is 2.24. The van der Waals surface area contributed by atoms with Crippen molar-refractivity contribution in [1.82, 2.24) is 10.6 Å². The van der Waals surface area contributed by atoms with Crippen LogP contribution in [-0.4, -0.2) is 36.9 Å². The first-order chi connectivity index (χ1) is 11.9. The van der Waals surface area contributed by atoms with Crippen molar-refractivity contribution in [2.45, 2.75) is 37.8 Å². The summed E-state index contributed by atoms with van der Waals surface area (Å²) in [6.45, 7) is 0.101. The van der Waals surface area contributed by atoms with Crippen molar-refractivity contribution in [2.24, 2.45) is 5.92 Å². The number of benzene rings is 1. The molecule has 0 spiro atoms. The average Bonchev–Trinajstić information content (AvgIpc) is 2.57. The van der Waals surface area contributed by atoms with E-state index >= 15 is 0 Å². The molecule has 0 radical (unpaired) electrons. The number of amides is 2.